The quantitative estimate of drug-likeness (QED) is 0.427. The predicted molar refractivity (Wildman–Crippen MR) is 119 cm³/mol. The number of nitriles is 1. The third-order valence-electron chi connectivity index (χ3n) is 4.41. The molecule has 2 aromatic carbocycles. The van der Waals surface area contributed by atoms with Crippen LogP contribution in [0.4, 0.5) is 4.39 Å². The second-order valence-electron chi connectivity index (χ2n) is 7.21. The maximum atomic E-state index is 15.1. The smallest absolute Gasteiger partial charge is 0.273 e. The third-order valence-corrected chi connectivity index (χ3v) is 4.99. The number of H-pyrrole nitrogens is 1. The Hall–Kier alpha value is -3.12. The summed E-state index contributed by atoms with van der Waals surface area (Å²) in [5.74, 6) is -1.21. The first-order chi connectivity index (χ1) is 15.3. The van der Waals surface area contributed by atoms with Crippen LogP contribution in [0.1, 0.15) is 41.0 Å². The minimum atomic E-state index is -0.727. The van der Waals surface area contributed by atoms with Crippen LogP contribution in [0.25, 0.3) is 0 Å². The van der Waals surface area contributed by atoms with Gasteiger partial charge in [-0.1, -0.05) is 43.1 Å². The number of ether oxygens (including phenoxy) is 1. The zero-order chi connectivity index (χ0) is 23.3. The number of hydrogen-bond acceptors (Lipinski definition) is 5. The summed E-state index contributed by atoms with van der Waals surface area (Å²) in [5.41, 5.74) is 1.35. The van der Waals surface area contributed by atoms with Gasteiger partial charge in [0.25, 0.3) is 5.91 Å². The van der Waals surface area contributed by atoms with Crippen LogP contribution in [0.2, 0.25) is 10.2 Å². The van der Waals surface area contributed by atoms with Crippen molar-refractivity contribution in [3.63, 3.8) is 0 Å². The van der Waals surface area contributed by atoms with Gasteiger partial charge in [-0.25, -0.2) is 9.37 Å². The summed E-state index contributed by atoms with van der Waals surface area (Å²) in [6.07, 6.45) is 1.28. The molecule has 0 saturated heterocycles. The molecule has 1 heterocycles. The van der Waals surface area contributed by atoms with Crippen molar-refractivity contribution in [3.8, 4) is 17.6 Å². The van der Waals surface area contributed by atoms with Gasteiger partial charge in [0, 0.05) is 24.7 Å². The topological polar surface area (TPSA) is 103 Å². The average Bonchev–Trinajstić information content (AvgIpc) is 3.20. The van der Waals surface area contributed by atoms with Crippen molar-refractivity contribution >= 4 is 29.1 Å². The Morgan fingerprint density at radius 2 is 2.06 bits per heavy atom. The van der Waals surface area contributed by atoms with Gasteiger partial charge >= 0.3 is 0 Å². The molecule has 7 nitrogen and oxygen atoms in total. The van der Waals surface area contributed by atoms with E-state index in [9.17, 15) is 10.1 Å². The van der Waals surface area contributed by atoms with Gasteiger partial charge in [-0.3, -0.25) is 4.79 Å². The molecule has 10 heteroatoms. The molecular formula is C22H20Cl2FN5O2. The molecule has 0 aliphatic rings. The van der Waals surface area contributed by atoms with E-state index in [0.29, 0.717) is 12.1 Å². The van der Waals surface area contributed by atoms with Crippen molar-refractivity contribution in [2.24, 2.45) is 0 Å². The fourth-order valence-electron chi connectivity index (χ4n) is 2.83. The number of carbonyl (C=O) groups is 1. The molecule has 0 radical (unpaired) electrons. The highest BCUT2D eigenvalue weighted by Gasteiger charge is 2.18. The summed E-state index contributed by atoms with van der Waals surface area (Å²) >= 11 is 12.0. The molecule has 0 unspecified atom stereocenters. The Kier molecular flexibility index (Phi) is 7.70. The van der Waals surface area contributed by atoms with Crippen LogP contribution in [-0.4, -0.2) is 21.9 Å². The first-order valence-corrected chi connectivity index (χ1v) is 10.4. The van der Waals surface area contributed by atoms with Crippen molar-refractivity contribution in [1.82, 2.24) is 20.6 Å². The molecule has 1 amide bonds. The van der Waals surface area contributed by atoms with Gasteiger partial charge in [0.05, 0.1) is 23.0 Å². The Bertz CT molecular complexity index is 1170. The highest BCUT2D eigenvalue weighted by Crippen LogP contribution is 2.34. The van der Waals surface area contributed by atoms with Crippen molar-refractivity contribution in [1.29, 1.82) is 5.26 Å². The Morgan fingerprint density at radius 1 is 1.28 bits per heavy atom. The van der Waals surface area contributed by atoms with E-state index in [2.05, 4.69) is 26.7 Å². The summed E-state index contributed by atoms with van der Waals surface area (Å²) < 4.78 is 20.9. The Labute approximate surface area is 194 Å². The van der Waals surface area contributed by atoms with E-state index >= 15 is 4.39 Å². The summed E-state index contributed by atoms with van der Waals surface area (Å²) in [7, 11) is 0. The normalized spacial score (nSPS) is 10.8. The highest BCUT2D eigenvalue weighted by molar-refractivity contribution is 6.32. The second kappa shape index (κ2) is 10.5. The summed E-state index contributed by atoms with van der Waals surface area (Å²) in [5, 5.41) is 15.3. The molecule has 32 heavy (non-hydrogen) atoms. The van der Waals surface area contributed by atoms with Crippen LogP contribution < -0.4 is 15.4 Å². The molecule has 0 bridgehead atoms. The largest absolute Gasteiger partial charge is 0.453 e. The van der Waals surface area contributed by atoms with Crippen molar-refractivity contribution in [3.05, 3.63) is 75.0 Å². The monoisotopic (exact) mass is 475 g/mol. The second-order valence-corrected chi connectivity index (χ2v) is 8.00. The lowest BCUT2D eigenvalue weighted by atomic mass is 10.1. The van der Waals surface area contributed by atoms with Crippen LogP contribution >= 0.6 is 23.2 Å². The van der Waals surface area contributed by atoms with E-state index in [4.69, 9.17) is 27.9 Å². The van der Waals surface area contributed by atoms with Crippen LogP contribution in [0.15, 0.2) is 36.7 Å². The molecular weight excluding hydrogens is 456 g/mol. The molecule has 0 atom stereocenters. The minimum absolute atomic E-state index is 0.00775. The van der Waals surface area contributed by atoms with Gasteiger partial charge in [-0.15, -0.1) is 0 Å². The van der Waals surface area contributed by atoms with E-state index in [-0.39, 0.29) is 45.5 Å². The molecule has 0 fully saturated rings. The van der Waals surface area contributed by atoms with Crippen molar-refractivity contribution < 1.29 is 13.9 Å². The molecule has 3 aromatic rings. The maximum absolute atomic E-state index is 15.1. The van der Waals surface area contributed by atoms with E-state index in [1.54, 1.807) is 12.1 Å². The number of nitrogens with zero attached hydrogens (tertiary/aromatic N) is 2. The number of benzene rings is 2. The number of carbonyl (C=O) groups excluding carboxylic acids is 1. The van der Waals surface area contributed by atoms with Crippen LogP contribution in [0.5, 0.6) is 11.5 Å². The molecule has 0 spiro atoms. The van der Waals surface area contributed by atoms with Gasteiger partial charge in [0.15, 0.2) is 17.3 Å². The third kappa shape index (κ3) is 5.77. The molecule has 0 aliphatic heterocycles. The molecule has 3 N–H and O–H groups in total. The van der Waals surface area contributed by atoms with E-state index in [1.807, 2.05) is 13.8 Å². The van der Waals surface area contributed by atoms with Crippen LogP contribution in [-0.2, 0) is 13.1 Å². The number of imidazole rings is 1. The lowest BCUT2D eigenvalue weighted by Gasteiger charge is -2.14. The molecule has 3 rings (SSSR count). The molecule has 0 saturated carbocycles. The van der Waals surface area contributed by atoms with E-state index < -0.39 is 11.7 Å². The number of amides is 1. The molecule has 166 valence electrons. The zero-order valence-electron chi connectivity index (χ0n) is 17.3. The SMILES string of the molecule is CC(C)NCc1cc(C#N)cc(Oc2c(Cl)ccc(CNC(=O)c3nc[nH]c3Cl)c2F)c1. The number of hydrogen-bond donors (Lipinski definition) is 3. The fraction of sp³-hybridized carbons (Fsp3) is 0.227. The van der Waals surface area contributed by atoms with Gasteiger partial charge < -0.3 is 20.4 Å². The Morgan fingerprint density at radius 3 is 2.72 bits per heavy atom. The highest BCUT2D eigenvalue weighted by atomic mass is 35.5. The van der Waals surface area contributed by atoms with E-state index in [0.717, 1.165) is 5.56 Å². The predicted octanol–water partition coefficient (Wildman–Crippen LogP) is 4.95. The van der Waals surface area contributed by atoms with Crippen molar-refractivity contribution in [2.75, 3.05) is 0 Å². The Balaban J connectivity index is 1.81. The summed E-state index contributed by atoms with van der Waals surface area (Å²) in [6.45, 7) is 4.39. The number of halogens is 3. The van der Waals surface area contributed by atoms with Crippen LogP contribution in [0, 0.1) is 17.1 Å². The maximum Gasteiger partial charge on any atom is 0.273 e. The average molecular weight is 476 g/mol. The van der Waals surface area contributed by atoms with Gasteiger partial charge in [-0.05, 0) is 29.8 Å². The minimum Gasteiger partial charge on any atom is -0.453 e. The summed E-state index contributed by atoms with van der Waals surface area (Å²) in [6, 6.07) is 10.2. The number of rotatable bonds is 8. The van der Waals surface area contributed by atoms with E-state index in [1.165, 1.54) is 24.5 Å². The first-order valence-electron chi connectivity index (χ1n) is 9.67. The summed E-state index contributed by atoms with van der Waals surface area (Å²) in [4.78, 5) is 18.6. The van der Waals surface area contributed by atoms with Gasteiger partial charge in [0.1, 0.15) is 10.9 Å². The standard InChI is InChI=1S/C22H20Cl2FN5O2/c1-12(2)27-9-14-5-13(8-26)6-16(7-14)32-20-17(23)4-3-15(18(20)25)10-28-22(31)19-21(24)30-11-29-19/h3-7,11-12,27H,9-10H2,1-2H3,(H,28,31)(H,29,30). The molecule has 1 aromatic heterocycles. The number of aromatic nitrogens is 2. The molecule has 0 aliphatic carbocycles. The lowest BCUT2D eigenvalue weighted by molar-refractivity contribution is 0.0946. The van der Waals surface area contributed by atoms with Gasteiger partial charge in [0.2, 0.25) is 0 Å². The zero-order valence-corrected chi connectivity index (χ0v) is 18.8. The first kappa shape index (κ1) is 23.5. The fourth-order valence-corrected chi connectivity index (χ4v) is 3.19. The number of aromatic amines is 1. The van der Waals surface area contributed by atoms with Crippen molar-refractivity contribution in [2.45, 2.75) is 33.0 Å². The van der Waals surface area contributed by atoms with Crippen LogP contribution in [0.3, 0.4) is 0 Å². The number of nitrogens with one attached hydrogen (secondary N) is 3. The van der Waals surface area contributed by atoms with Gasteiger partial charge in [-0.2, -0.15) is 5.26 Å². The lowest BCUT2D eigenvalue weighted by Crippen LogP contribution is -2.24.